The average Bonchev–Trinajstić information content (AvgIpc) is 3.09. The fourth-order valence-electron chi connectivity index (χ4n) is 2.58. The van der Waals surface area contributed by atoms with E-state index in [1.54, 1.807) is 25.2 Å². The molecule has 0 saturated heterocycles. The molecule has 0 saturated carbocycles. The molecule has 2 aromatic rings. The molecule has 1 aromatic carbocycles. The Labute approximate surface area is 168 Å². The number of anilines is 1. The van der Waals surface area contributed by atoms with Crippen LogP contribution in [0.5, 0.6) is 11.5 Å². The summed E-state index contributed by atoms with van der Waals surface area (Å²) < 4.78 is 15.9. The number of benzene rings is 1. The highest BCUT2D eigenvalue weighted by atomic mass is 32.2. The van der Waals surface area contributed by atoms with Gasteiger partial charge in [-0.2, -0.15) is 11.8 Å². The van der Waals surface area contributed by atoms with Crippen molar-refractivity contribution in [1.29, 1.82) is 0 Å². The summed E-state index contributed by atoms with van der Waals surface area (Å²) in [5.41, 5.74) is 1.49. The Bertz CT molecular complexity index is 837. The van der Waals surface area contributed by atoms with Crippen LogP contribution in [0.3, 0.4) is 0 Å². The lowest BCUT2D eigenvalue weighted by atomic mass is 10.1. The van der Waals surface area contributed by atoms with Gasteiger partial charge in [0.2, 0.25) is 5.91 Å². The zero-order valence-corrected chi connectivity index (χ0v) is 17.5. The number of hydrogen-bond acceptors (Lipinski definition) is 7. The molecule has 0 bridgehead atoms. The number of ether oxygens (including phenoxy) is 2. The van der Waals surface area contributed by atoms with Crippen LogP contribution in [-0.2, 0) is 11.3 Å². The SMILES string of the molecule is CCSCC(=O)Nc1cc(C(=O)N(C)Cc2cc(C)no2)cc(OC)c1OC. The highest BCUT2D eigenvalue weighted by molar-refractivity contribution is 7.99. The lowest BCUT2D eigenvalue weighted by Gasteiger charge is -2.19. The summed E-state index contributed by atoms with van der Waals surface area (Å²) >= 11 is 1.50. The van der Waals surface area contributed by atoms with E-state index in [1.165, 1.54) is 30.9 Å². The summed E-state index contributed by atoms with van der Waals surface area (Å²) in [7, 11) is 4.62. The zero-order valence-electron chi connectivity index (χ0n) is 16.7. The van der Waals surface area contributed by atoms with Crippen LogP contribution in [0.1, 0.15) is 28.7 Å². The smallest absolute Gasteiger partial charge is 0.254 e. The molecule has 1 aromatic heterocycles. The fourth-order valence-corrected chi connectivity index (χ4v) is 3.04. The number of amides is 2. The van der Waals surface area contributed by atoms with Crippen LogP contribution in [-0.4, -0.2) is 54.6 Å². The Morgan fingerprint density at radius 2 is 2.00 bits per heavy atom. The summed E-state index contributed by atoms with van der Waals surface area (Å²) in [6.45, 7) is 4.06. The molecule has 1 N–H and O–H groups in total. The number of carbonyl (C=O) groups excluding carboxylic acids is 2. The van der Waals surface area contributed by atoms with E-state index in [0.717, 1.165) is 11.4 Å². The van der Waals surface area contributed by atoms with Crippen molar-refractivity contribution >= 4 is 29.3 Å². The standard InChI is InChI=1S/C19H25N3O5S/c1-6-28-11-17(23)20-15-8-13(9-16(25-4)18(15)26-5)19(24)22(3)10-14-7-12(2)21-27-14/h7-9H,6,10-11H2,1-5H3,(H,20,23). The molecule has 0 aliphatic carbocycles. The minimum Gasteiger partial charge on any atom is -0.493 e. The highest BCUT2D eigenvalue weighted by Gasteiger charge is 2.21. The van der Waals surface area contributed by atoms with Crippen molar-refractivity contribution in [2.75, 3.05) is 38.1 Å². The van der Waals surface area contributed by atoms with Gasteiger partial charge in [0.25, 0.3) is 5.91 Å². The zero-order chi connectivity index (χ0) is 20.7. The van der Waals surface area contributed by atoms with Crippen LogP contribution in [0, 0.1) is 6.92 Å². The van der Waals surface area contributed by atoms with Crippen LogP contribution in [0.25, 0.3) is 0 Å². The minimum atomic E-state index is -0.256. The van der Waals surface area contributed by atoms with E-state index < -0.39 is 0 Å². The van der Waals surface area contributed by atoms with Crippen LogP contribution in [0.4, 0.5) is 5.69 Å². The van der Waals surface area contributed by atoms with Gasteiger partial charge in [-0.3, -0.25) is 9.59 Å². The third kappa shape index (κ3) is 5.41. The van der Waals surface area contributed by atoms with Gasteiger partial charge in [0, 0.05) is 18.7 Å². The topological polar surface area (TPSA) is 93.9 Å². The third-order valence-electron chi connectivity index (χ3n) is 3.85. The Hall–Kier alpha value is -2.68. The van der Waals surface area contributed by atoms with Crippen molar-refractivity contribution in [3.05, 3.63) is 35.2 Å². The largest absolute Gasteiger partial charge is 0.493 e. The van der Waals surface area contributed by atoms with Crippen LogP contribution >= 0.6 is 11.8 Å². The van der Waals surface area contributed by atoms with Gasteiger partial charge in [0.15, 0.2) is 17.3 Å². The Morgan fingerprint density at radius 3 is 2.57 bits per heavy atom. The number of nitrogens with zero attached hydrogens (tertiary/aromatic N) is 2. The summed E-state index contributed by atoms with van der Waals surface area (Å²) in [6, 6.07) is 4.94. The van der Waals surface area contributed by atoms with E-state index in [-0.39, 0.29) is 18.4 Å². The molecular formula is C19H25N3O5S. The first-order valence-electron chi connectivity index (χ1n) is 8.70. The second kappa shape index (κ2) is 10.0. The van der Waals surface area contributed by atoms with E-state index in [0.29, 0.717) is 34.3 Å². The molecule has 0 aliphatic heterocycles. The van der Waals surface area contributed by atoms with E-state index in [1.807, 2.05) is 13.8 Å². The monoisotopic (exact) mass is 407 g/mol. The van der Waals surface area contributed by atoms with E-state index in [2.05, 4.69) is 10.5 Å². The number of carbonyl (C=O) groups is 2. The van der Waals surface area contributed by atoms with E-state index in [4.69, 9.17) is 14.0 Å². The Morgan fingerprint density at radius 1 is 1.25 bits per heavy atom. The lowest BCUT2D eigenvalue weighted by molar-refractivity contribution is -0.113. The van der Waals surface area contributed by atoms with E-state index >= 15 is 0 Å². The maximum Gasteiger partial charge on any atom is 0.254 e. The summed E-state index contributed by atoms with van der Waals surface area (Å²) in [5.74, 6) is 2.01. The van der Waals surface area contributed by atoms with Gasteiger partial charge >= 0.3 is 0 Å². The first-order chi connectivity index (χ1) is 13.4. The molecule has 152 valence electrons. The molecule has 0 unspecified atom stereocenters. The maximum absolute atomic E-state index is 12.9. The van der Waals surface area contributed by atoms with Gasteiger partial charge in [0.1, 0.15) is 0 Å². The summed E-state index contributed by atoms with van der Waals surface area (Å²) in [5, 5.41) is 6.62. The maximum atomic E-state index is 12.9. The summed E-state index contributed by atoms with van der Waals surface area (Å²) in [4.78, 5) is 26.5. The van der Waals surface area contributed by atoms with Crippen LogP contribution < -0.4 is 14.8 Å². The molecule has 0 fully saturated rings. The second-order valence-corrected chi connectivity index (χ2v) is 7.31. The fraction of sp³-hybridized carbons (Fsp3) is 0.421. The molecule has 0 radical (unpaired) electrons. The molecule has 1 heterocycles. The summed E-state index contributed by atoms with van der Waals surface area (Å²) in [6.07, 6.45) is 0. The number of thioether (sulfide) groups is 1. The molecular weight excluding hydrogens is 382 g/mol. The molecule has 0 atom stereocenters. The second-order valence-electron chi connectivity index (χ2n) is 6.04. The lowest BCUT2D eigenvalue weighted by Crippen LogP contribution is -2.26. The molecule has 0 spiro atoms. The molecule has 9 heteroatoms. The number of aryl methyl sites for hydroxylation is 1. The molecule has 2 rings (SSSR count). The Kier molecular flexibility index (Phi) is 7.74. The normalized spacial score (nSPS) is 10.5. The van der Waals surface area contributed by atoms with Crippen LogP contribution in [0.15, 0.2) is 22.7 Å². The molecule has 2 amide bonds. The number of nitrogens with one attached hydrogen (secondary N) is 1. The van der Waals surface area contributed by atoms with E-state index in [9.17, 15) is 9.59 Å². The van der Waals surface area contributed by atoms with Crippen molar-refractivity contribution in [2.45, 2.75) is 20.4 Å². The van der Waals surface area contributed by atoms with Gasteiger partial charge in [-0.15, -0.1) is 0 Å². The molecule has 0 aliphatic rings. The van der Waals surface area contributed by atoms with Gasteiger partial charge in [-0.1, -0.05) is 12.1 Å². The van der Waals surface area contributed by atoms with Crippen molar-refractivity contribution in [3.8, 4) is 11.5 Å². The Balaban J connectivity index is 2.28. The van der Waals surface area contributed by atoms with Gasteiger partial charge in [-0.25, -0.2) is 0 Å². The molecule has 28 heavy (non-hydrogen) atoms. The number of hydrogen-bond donors (Lipinski definition) is 1. The van der Waals surface area contributed by atoms with Crippen molar-refractivity contribution in [3.63, 3.8) is 0 Å². The number of rotatable bonds is 9. The van der Waals surface area contributed by atoms with Gasteiger partial charge in [-0.05, 0) is 24.8 Å². The van der Waals surface area contributed by atoms with Crippen molar-refractivity contribution in [1.82, 2.24) is 10.1 Å². The predicted octanol–water partition coefficient (Wildman–Crippen LogP) is 2.96. The number of methoxy groups -OCH3 is 2. The average molecular weight is 407 g/mol. The van der Waals surface area contributed by atoms with Crippen LogP contribution in [0.2, 0.25) is 0 Å². The first-order valence-corrected chi connectivity index (χ1v) is 9.86. The first kappa shape index (κ1) is 21.6. The van der Waals surface area contributed by atoms with Gasteiger partial charge in [0.05, 0.1) is 37.9 Å². The predicted molar refractivity (Wildman–Crippen MR) is 108 cm³/mol. The highest BCUT2D eigenvalue weighted by Crippen LogP contribution is 2.37. The third-order valence-corrected chi connectivity index (χ3v) is 4.73. The number of aromatic nitrogens is 1. The van der Waals surface area contributed by atoms with Gasteiger partial charge < -0.3 is 24.2 Å². The molecule has 8 nitrogen and oxygen atoms in total. The van der Waals surface area contributed by atoms with Crippen molar-refractivity contribution in [2.24, 2.45) is 0 Å². The minimum absolute atomic E-state index is 0.178. The quantitative estimate of drug-likeness (QED) is 0.683. The van der Waals surface area contributed by atoms with Crippen molar-refractivity contribution < 1.29 is 23.6 Å².